The topological polar surface area (TPSA) is 161 Å². The molecule has 1 amide bonds. The molecule has 2 aliphatic carbocycles. The van der Waals surface area contributed by atoms with Crippen LogP contribution in [0, 0.1) is 17.2 Å². The van der Waals surface area contributed by atoms with E-state index >= 15 is 0 Å². The van der Waals surface area contributed by atoms with Crippen molar-refractivity contribution in [2.24, 2.45) is 11.7 Å². The predicted molar refractivity (Wildman–Crippen MR) is 155 cm³/mol. The van der Waals surface area contributed by atoms with Gasteiger partial charge in [-0.2, -0.15) is 10.4 Å². The van der Waals surface area contributed by atoms with Gasteiger partial charge in [-0.15, -0.1) is 17.5 Å². The van der Waals surface area contributed by atoms with Gasteiger partial charge in [-0.25, -0.2) is 14.0 Å². The Hall–Kier alpha value is -4.21. The molecule has 0 unspecified atom stereocenters. The molecule has 214 valence electrons. The van der Waals surface area contributed by atoms with Gasteiger partial charge in [0, 0.05) is 36.6 Å². The van der Waals surface area contributed by atoms with Gasteiger partial charge in [0.15, 0.2) is 0 Å². The van der Waals surface area contributed by atoms with E-state index in [1.54, 1.807) is 23.8 Å². The summed E-state index contributed by atoms with van der Waals surface area (Å²) in [6.45, 7) is 0.401. The van der Waals surface area contributed by atoms with Gasteiger partial charge in [0.05, 0.1) is 47.5 Å². The standard InChI is InChI=1S/C28H32N10O2.ClH/c1-31-28(39)40-16-17-8-20(9-17)34-24-11-25(27-7-6-22-10-18(12-29)13-33-38(22)27)32-14-23(24)26-15-37(36-35-26)21-4-2-19(30)3-5-21;/h6-7,10-11,13-15,17,19-21H,2-5,8-9,16,30H2,1H3,(H,31,39)(H,32,34);1H. The minimum absolute atomic E-state index is 0. The molecule has 0 atom stereocenters. The second kappa shape index (κ2) is 12.1. The average Bonchev–Trinajstić information content (AvgIpc) is 3.61. The van der Waals surface area contributed by atoms with E-state index in [1.807, 2.05) is 35.3 Å². The predicted octanol–water partition coefficient (Wildman–Crippen LogP) is 3.94. The lowest BCUT2D eigenvalue weighted by molar-refractivity contribution is 0.100. The highest BCUT2D eigenvalue weighted by molar-refractivity contribution is 5.85. The highest BCUT2D eigenvalue weighted by atomic mass is 35.5. The van der Waals surface area contributed by atoms with Gasteiger partial charge in [0.1, 0.15) is 11.8 Å². The van der Waals surface area contributed by atoms with Crippen molar-refractivity contribution in [1.82, 2.24) is 34.9 Å². The Morgan fingerprint density at radius 2 is 1.98 bits per heavy atom. The maximum atomic E-state index is 11.4. The number of nitriles is 1. The molecule has 2 aliphatic rings. The first-order valence-electron chi connectivity index (χ1n) is 13.7. The quantitative estimate of drug-likeness (QED) is 0.296. The normalized spacial score (nSPS) is 21.8. The van der Waals surface area contributed by atoms with Crippen molar-refractivity contribution < 1.29 is 9.53 Å². The number of halogens is 1. The molecule has 4 aromatic rings. The molecular formula is C28H33ClN10O2. The van der Waals surface area contributed by atoms with E-state index in [4.69, 9.17) is 15.5 Å². The lowest BCUT2D eigenvalue weighted by Gasteiger charge is -2.36. The number of fused-ring (bicyclic) bond motifs is 1. The lowest BCUT2D eigenvalue weighted by atomic mass is 9.80. The van der Waals surface area contributed by atoms with Gasteiger partial charge in [-0.3, -0.25) is 4.98 Å². The Morgan fingerprint density at radius 1 is 1.17 bits per heavy atom. The summed E-state index contributed by atoms with van der Waals surface area (Å²) in [5, 5.41) is 28.8. The number of alkyl carbamates (subject to hydrolysis) is 1. The second-order valence-corrected chi connectivity index (χ2v) is 10.7. The Morgan fingerprint density at radius 3 is 2.73 bits per heavy atom. The molecule has 0 aliphatic heterocycles. The number of aromatic nitrogens is 6. The van der Waals surface area contributed by atoms with E-state index in [9.17, 15) is 10.1 Å². The smallest absolute Gasteiger partial charge is 0.406 e. The first-order valence-corrected chi connectivity index (χ1v) is 13.7. The zero-order valence-electron chi connectivity index (χ0n) is 22.7. The van der Waals surface area contributed by atoms with E-state index in [-0.39, 0.29) is 24.5 Å². The number of hydrogen-bond acceptors (Lipinski definition) is 9. The summed E-state index contributed by atoms with van der Waals surface area (Å²) >= 11 is 0. The number of carbonyl (C=O) groups excluding carboxylic acids is 1. The van der Waals surface area contributed by atoms with E-state index in [0.717, 1.165) is 72.4 Å². The monoisotopic (exact) mass is 576 g/mol. The summed E-state index contributed by atoms with van der Waals surface area (Å²) in [5.74, 6) is 0.311. The molecule has 4 heterocycles. The second-order valence-electron chi connectivity index (χ2n) is 10.7. The molecule has 12 nitrogen and oxygen atoms in total. The van der Waals surface area contributed by atoms with Crippen LogP contribution in [0.3, 0.4) is 0 Å². The summed E-state index contributed by atoms with van der Waals surface area (Å²) in [7, 11) is 1.56. The Balaban J connectivity index is 0.00000337. The Labute approximate surface area is 243 Å². The maximum absolute atomic E-state index is 11.4. The Kier molecular flexibility index (Phi) is 8.37. The third kappa shape index (κ3) is 5.96. The van der Waals surface area contributed by atoms with Gasteiger partial charge in [-0.1, -0.05) is 5.21 Å². The molecule has 0 spiro atoms. The average molecular weight is 577 g/mol. The number of hydrogen-bond donors (Lipinski definition) is 3. The number of anilines is 1. The molecule has 6 rings (SSSR count). The van der Waals surface area contributed by atoms with Crippen LogP contribution in [0.1, 0.15) is 50.1 Å². The van der Waals surface area contributed by atoms with Gasteiger partial charge in [-0.05, 0) is 68.7 Å². The van der Waals surface area contributed by atoms with Crippen LogP contribution in [0.25, 0.3) is 28.2 Å². The first-order chi connectivity index (χ1) is 19.5. The fraction of sp³-hybridized carbons (Fsp3) is 0.429. The number of pyridine rings is 1. The number of carbonyl (C=O) groups is 1. The largest absolute Gasteiger partial charge is 0.449 e. The minimum atomic E-state index is -0.407. The molecule has 4 aromatic heterocycles. The fourth-order valence-electron chi connectivity index (χ4n) is 5.59. The fourth-order valence-corrected chi connectivity index (χ4v) is 5.59. The van der Waals surface area contributed by atoms with Crippen molar-refractivity contribution in [3.63, 3.8) is 0 Å². The molecule has 0 radical (unpaired) electrons. The highest BCUT2D eigenvalue weighted by Crippen LogP contribution is 2.36. The van der Waals surface area contributed by atoms with Gasteiger partial charge in [0.25, 0.3) is 0 Å². The molecule has 0 saturated heterocycles. The van der Waals surface area contributed by atoms with Crippen LogP contribution in [-0.2, 0) is 4.74 Å². The minimum Gasteiger partial charge on any atom is -0.449 e. The molecule has 0 bridgehead atoms. The van der Waals surface area contributed by atoms with Gasteiger partial charge < -0.3 is 21.1 Å². The SMILES string of the molecule is CNC(=O)OCC1CC(Nc2cc(-c3ccc4cc(C#N)cnn34)ncc2-c2cn(C3CCC(N)CC3)nn2)C1.Cl. The number of amides is 1. The summed E-state index contributed by atoms with van der Waals surface area (Å²) in [6.07, 6.45) is 10.7. The van der Waals surface area contributed by atoms with E-state index in [2.05, 4.69) is 32.1 Å². The maximum Gasteiger partial charge on any atom is 0.406 e. The zero-order chi connectivity index (χ0) is 27.6. The van der Waals surface area contributed by atoms with Crippen LogP contribution in [0.2, 0.25) is 0 Å². The third-order valence-electron chi connectivity index (χ3n) is 7.95. The van der Waals surface area contributed by atoms with E-state index in [1.165, 1.54) is 0 Å². The van der Waals surface area contributed by atoms with Crippen molar-refractivity contribution >= 4 is 29.7 Å². The molecule has 2 saturated carbocycles. The summed E-state index contributed by atoms with van der Waals surface area (Å²) in [4.78, 5) is 16.2. The van der Waals surface area contributed by atoms with Crippen LogP contribution in [0.5, 0.6) is 0 Å². The summed E-state index contributed by atoms with van der Waals surface area (Å²) < 4.78 is 8.98. The van der Waals surface area contributed by atoms with Crippen LogP contribution >= 0.6 is 12.4 Å². The van der Waals surface area contributed by atoms with Gasteiger partial charge in [0.2, 0.25) is 0 Å². The van der Waals surface area contributed by atoms with Crippen LogP contribution in [-0.4, -0.2) is 61.4 Å². The van der Waals surface area contributed by atoms with Crippen LogP contribution < -0.4 is 16.4 Å². The molecular weight excluding hydrogens is 544 g/mol. The molecule has 41 heavy (non-hydrogen) atoms. The zero-order valence-corrected chi connectivity index (χ0v) is 23.5. The first kappa shape index (κ1) is 28.3. The molecule has 2 fully saturated rings. The van der Waals surface area contributed by atoms with Crippen LogP contribution in [0.4, 0.5) is 10.5 Å². The lowest BCUT2D eigenvalue weighted by Crippen LogP contribution is -2.39. The van der Waals surface area contributed by atoms with Crippen molar-refractivity contribution in [3.05, 3.63) is 48.4 Å². The number of nitrogens with one attached hydrogen (secondary N) is 2. The van der Waals surface area contributed by atoms with Crippen molar-refractivity contribution in [2.45, 2.75) is 56.7 Å². The third-order valence-corrected chi connectivity index (χ3v) is 7.95. The van der Waals surface area contributed by atoms with Crippen molar-refractivity contribution in [1.29, 1.82) is 5.26 Å². The number of nitrogens with two attached hydrogens (primary N) is 1. The van der Waals surface area contributed by atoms with Crippen molar-refractivity contribution in [2.75, 3.05) is 19.0 Å². The summed E-state index contributed by atoms with van der Waals surface area (Å²) in [5.41, 5.74) is 11.5. The van der Waals surface area contributed by atoms with Gasteiger partial charge >= 0.3 is 6.09 Å². The number of nitrogens with zero attached hydrogens (tertiary/aromatic N) is 7. The van der Waals surface area contributed by atoms with Crippen molar-refractivity contribution in [3.8, 4) is 28.7 Å². The Bertz CT molecular complexity index is 1560. The van der Waals surface area contributed by atoms with Crippen LogP contribution in [0.15, 0.2) is 42.9 Å². The number of rotatable bonds is 7. The molecule has 4 N–H and O–H groups in total. The molecule has 13 heteroatoms. The van der Waals surface area contributed by atoms with E-state index in [0.29, 0.717) is 24.1 Å². The number of ether oxygens (including phenoxy) is 1. The highest BCUT2D eigenvalue weighted by Gasteiger charge is 2.31. The van der Waals surface area contributed by atoms with E-state index < -0.39 is 6.09 Å². The summed E-state index contributed by atoms with van der Waals surface area (Å²) in [6, 6.07) is 10.6. The molecule has 0 aromatic carbocycles.